The first-order chi connectivity index (χ1) is 18.4. The average molecular weight is 616 g/mol. The van der Waals surface area contributed by atoms with Crippen molar-refractivity contribution >= 4 is 22.2 Å². The van der Waals surface area contributed by atoms with Gasteiger partial charge in [-0.2, -0.15) is 0 Å². The molecule has 1 atom stereocenters. The molecule has 1 amide bonds. The van der Waals surface area contributed by atoms with Gasteiger partial charge in [-0.3, -0.25) is 0 Å². The van der Waals surface area contributed by atoms with Crippen molar-refractivity contribution in [2.45, 2.75) is 87.0 Å². The van der Waals surface area contributed by atoms with Crippen molar-refractivity contribution in [3.8, 4) is 0 Å². The summed E-state index contributed by atoms with van der Waals surface area (Å²) in [5.41, 5.74) is 5.17. The molecule has 0 heterocycles. The van der Waals surface area contributed by atoms with Gasteiger partial charge in [-0.15, -0.1) is 0 Å². The molecule has 0 aliphatic heterocycles. The number of nitrogens with one attached hydrogen (secondary N) is 1. The van der Waals surface area contributed by atoms with Gasteiger partial charge < -0.3 is 0 Å². The Morgan fingerprint density at radius 3 is 1.56 bits per heavy atom. The molecule has 0 spiro atoms. The predicted molar refractivity (Wildman–Crippen MR) is 162 cm³/mol. The first kappa shape index (κ1) is 27.6. The maximum atomic E-state index is 15.0. The molecule has 4 saturated carbocycles. The SMILES string of the molecule is CC1=C(C)C(C)[C]([Zr]([NH]C(=O)C23CC4(C)CC(C)(CC(C)(C4)C2)C3)[SiH](c2ccccc2)c2ccccc2)=C1C. The van der Waals surface area contributed by atoms with Crippen LogP contribution in [0.1, 0.15) is 87.0 Å². The number of allylic oxidation sites excluding steroid dienone is 4. The summed E-state index contributed by atoms with van der Waals surface area (Å²) in [5, 5.41) is 2.98. The van der Waals surface area contributed by atoms with Gasteiger partial charge in [0.15, 0.2) is 0 Å². The molecular weight excluding hydrogens is 570 g/mol. The van der Waals surface area contributed by atoms with Gasteiger partial charge in [-0.05, 0) is 0 Å². The number of hydrogen-bond acceptors (Lipinski definition) is 1. The fourth-order valence-corrected chi connectivity index (χ4v) is 32.8. The van der Waals surface area contributed by atoms with Crippen LogP contribution in [0.25, 0.3) is 0 Å². The fraction of sp³-hybridized carbons (Fsp3) is 0.514. The second-order valence-corrected chi connectivity index (χ2v) is 28.8. The minimum absolute atomic E-state index is 0.195. The topological polar surface area (TPSA) is 29.1 Å². The summed E-state index contributed by atoms with van der Waals surface area (Å²) >= 11 is -2.75. The summed E-state index contributed by atoms with van der Waals surface area (Å²) in [6.07, 6.45) is 7.14. The van der Waals surface area contributed by atoms with Crippen molar-refractivity contribution in [3.63, 3.8) is 0 Å². The number of rotatable bonds is 6. The molecule has 39 heavy (non-hydrogen) atoms. The number of benzene rings is 2. The quantitative estimate of drug-likeness (QED) is 0.355. The van der Waals surface area contributed by atoms with Gasteiger partial charge in [0.1, 0.15) is 0 Å². The predicted octanol–water partition coefficient (Wildman–Crippen LogP) is 6.82. The number of carbonyl (C=O) groups excluding carboxylic acids is 1. The van der Waals surface area contributed by atoms with Gasteiger partial charge >= 0.3 is 247 Å². The summed E-state index contributed by atoms with van der Waals surface area (Å²) in [6, 6.07) is 22.5. The standard InChI is InChI=1S/C14H23NO.C12H11Si.C9H13.Zr/c1-11-4-12(2)6-13(3,5-11)9-14(7-11,8-12)10(15)16;1-3-7-11(8-4-1)13-12-9-5-2-6-10-12;1-6-5-7(2)9(4)8(6)3;/h4-9H2,1-3H3,(H2,15,16);1-10,13H;6H,1-4H3;/q;;;+1/p-1. The van der Waals surface area contributed by atoms with E-state index in [1.54, 1.807) is 3.28 Å². The summed E-state index contributed by atoms with van der Waals surface area (Å²) in [5.74, 6) is -0.811. The van der Waals surface area contributed by atoms with E-state index >= 15 is 0 Å². The van der Waals surface area contributed by atoms with Gasteiger partial charge in [0, 0.05) is 0 Å². The second-order valence-electron chi connectivity index (χ2n) is 15.0. The zero-order valence-corrected chi connectivity index (χ0v) is 28.7. The van der Waals surface area contributed by atoms with Crippen LogP contribution in [0.5, 0.6) is 0 Å². The Balaban J connectivity index is 1.47. The maximum absolute atomic E-state index is 15.0. The number of carbonyl (C=O) groups is 1. The van der Waals surface area contributed by atoms with E-state index in [-0.39, 0.29) is 5.41 Å². The van der Waals surface area contributed by atoms with Crippen molar-refractivity contribution in [2.75, 3.05) is 0 Å². The molecule has 2 aromatic carbocycles. The Morgan fingerprint density at radius 2 is 1.18 bits per heavy atom. The molecule has 205 valence electrons. The molecule has 0 radical (unpaired) electrons. The molecule has 4 heteroatoms. The van der Waals surface area contributed by atoms with Crippen LogP contribution in [-0.2, 0) is 26.0 Å². The monoisotopic (exact) mass is 614 g/mol. The number of hydrogen-bond donors (Lipinski definition) is 1. The van der Waals surface area contributed by atoms with Gasteiger partial charge in [-0.1, -0.05) is 0 Å². The van der Waals surface area contributed by atoms with Crippen LogP contribution in [0, 0.1) is 27.6 Å². The van der Waals surface area contributed by atoms with Crippen molar-refractivity contribution in [2.24, 2.45) is 27.6 Å². The molecule has 0 saturated heterocycles. The van der Waals surface area contributed by atoms with Crippen molar-refractivity contribution < 1.29 is 26.0 Å². The molecule has 2 nitrogen and oxygen atoms in total. The van der Waals surface area contributed by atoms with Crippen LogP contribution in [0.15, 0.2) is 80.7 Å². The summed E-state index contributed by atoms with van der Waals surface area (Å²) in [6.45, 7) is 16.9. The van der Waals surface area contributed by atoms with Crippen molar-refractivity contribution in [1.82, 2.24) is 3.26 Å². The Labute approximate surface area is 245 Å². The molecule has 5 aliphatic rings. The van der Waals surface area contributed by atoms with Gasteiger partial charge in [-0.25, -0.2) is 0 Å². The Hall–Kier alpha value is -1.51. The Kier molecular flexibility index (Phi) is 6.75. The Bertz CT molecular complexity index is 1270. The third kappa shape index (κ3) is 4.66. The molecular formula is C35H46NOSiZr. The zero-order valence-electron chi connectivity index (χ0n) is 25.1. The average Bonchev–Trinajstić information content (AvgIpc) is 3.04. The van der Waals surface area contributed by atoms with E-state index in [1.165, 1.54) is 46.4 Å². The van der Waals surface area contributed by atoms with E-state index in [2.05, 4.69) is 112 Å². The van der Waals surface area contributed by atoms with Gasteiger partial charge in [0.25, 0.3) is 0 Å². The van der Waals surface area contributed by atoms with Crippen molar-refractivity contribution in [3.05, 3.63) is 80.7 Å². The van der Waals surface area contributed by atoms with Gasteiger partial charge in [0.2, 0.25) is 0 Å². The van der Waals surface area contributed by atoms with E-state index in [4.69, 9.17) is 0 Å². The van der Waals surface area contributed by atoms with Crippen molar-refractivity contribution in [1.29, 1.82) is 0 Å². The molecule has 5 aliphatic carbocycles. The summed E-state index contributed by atoms with van der Waals surface area (Å²) < 4.78 is 5.75. The second kappa shape index (κ2) is 9.52. The molecule has 4 bridgehead atoms. The van der Waals surface area contributed by atoms with Crippen LogP contribution >= 0.6 is 0 Å². The fourth-order valence-electron chi connectivity index (χ4n) is 10.7. The summed E-state index contributed by atoms with van der Waals surface area (Å²) in [4.78, 5) is 15.0. The molecule has 2 aromatic rings. The van der Waals surface area contributed by atoms with Crippen LogP contribution in [0.2, 0.25) is 0 Å². The zero-order chi connectivity index (χ0) is 27.8. The Morgan fingerprint density at radius 1 is 0.744 bits per heavy atom. The molecule has 4 fully saturated rings. The molecule has 1 unspecified atom stereocenters. The normalized spacial score (nSPS) is 35.2. The molecule has 7 rings (SSSR count). The van der Waals surface area contributed by atoms with E-state index in [0.717, 1.165) is 19.3 Å². The van der Waals surface area contributed by atoms with Crippen LogP contribution in [-0.4, -0.2) is 11.8 Å². The number of amides is 1. The first-order valence-corrected chi connectivity index (χ1v) is 23.5. The summed E-state index contributed by atoms with van der Waals surface area (Å²) in [7, 11) is 0. The van der Waals surface area contributed by atoms with Crippen LogP contribution in [0.3, 0.4) is 0 Å². The third-order valence-corrected chi connectivity index (χ3v) is 30.3. The van der Waals surface area contributed by atoms with E-state index in [0.29, 0.717) is 28.1 Å². The molecule has 1 N–H and O–H groups in total. The van der Waals surface area contributed by atoms with Gasteiger partial charge in [0.05, 0.1) is 0 Å². The first-order valence-electron chi connectivity index (χ1n) is 15.0. The van der Waals surface area contributed by atoms with Crippen LogP contribution < -0.4 is 13.6 Å². The van der Waals surface area contributed by atoms with E-state index in [1.807, 2.05) is 0 Å². The van der Waals surface area contributed by atoms with E-state index < -0.39 is 27.1 Å². The molecule has 0 aromatic heterocycles. The minimum atomic E-state index is -2.75. The van der Waals surface area contributed by atoms with Crippen LogP contribution in [0.4, 0.5) is 0 Å². The third-order valence-electron chi connectivity index (χ3n) is 11.1. The van der Waals surface area contributed by atoms with E-state index in [9.17, 15) is 4.79 Å².